The highest BCUT2D eigenvalue weighted by atomic mass is 16.4. The van der Waals surface area contributed by atoms with Crippen molar-refractivity contribution in [3.63, 3.8) is 0 Å². The van der Waals surface area contributed by atoms with E-state index in [1.165, 1.54) is 0 Å². The molecule has 5 nitrogen and oxygen atoms in total. The van der Waals surface area contributed by atoms with E-state index >= 15 is 0 Å². The summed E-state index contributed by atoms with van der Waals surface area (Å²) in [6.45, 7) is 0.578. The van der Waals surface area contributed by atoms with Gasteiger partial charge in [-0.25, -0.2) is 0 Å². The summed E-state index contributed by atoms with van der Waals surface area (Å²) in [6, 6.07) is 16.1. The number of para-hydroxylation sites is 1. The average Bonchev–Trinajstić information content (AvgIpc) is 3.03. The average molecular weight is 325 g/mol. The first kappa shape index (κ1) is 16.1. The summed E-state index contributed by atoms with van der Waals surface area (Å²) in [4.78, 5) is 25.7. The number of carboxylic acid groups (broad SMARTS) is 1. The first-order chi connectivity index (χ1) is 11.6. The van der Waals surface area contributed by atoms with Crippen LogP contribution in [0.3, 0.4) is 0 Å². The SMILES string of the molecule is O=C(O)[C@@H]1CN(C(=O)Cc2ccccc2O)C[C@H]1c1ccccc1. The van der Waals surface area contributed by atoms with Gasteiger partial charge in [-0.05, 0) is 11.6 Å². The largest absolute Gasteiger partial charge is 0.508 e. The fourth-order valence-corrected chi connectivity index (χ4v) is 3.23. The number of carbonyl (C=O) groups excluding carboxylic acids is 1. The van der Waals surface area contributed by atoms with Crippen LogP contribution in [0, 0.1) is 5.92 Å². The van der Waals surface area contributed by atoms with E-state index in [1.807, 2.05) is 30.3 Å². The fraction of sp³-hybridized carbons (Fsp3) is 0.263. The minimum atomic E-state index is -0.887. The molecular weight excluding hydrogens is 306 g/mol. The van der Waals surface area contributed by atoms with Crippen molar-refractivity contribution in [2.75, 3.05) is 13.1 Å². The second-order valence-corrected chi connectivity index (χ2v) is 6.07. The highest BCUT2D eigenvalue weighted by Crippen LogP contribution is 2.33. The Morgan fingerprint density at radius 2 is 1.67 bits per heavy atom. The molecule has 2 N–H and O–H groups in total. The Hall–Kier alpha value is -2.82. The molecule has 1 aliphatic heterocycles. The molecule has 0 bridgehead atoms. The van der Waals surface area contributed by atoms with E-state index in [9.17, 15) is 19.8 Å². The third-order valence-electron chi connectivity index (χ3n) is 4.55. The molecule has 1 heterocycles. The standard InChI is InChI=1S/C19H19NO4/c21-17-9-5-4-8-14(17)10-18(22)20-11-15(16(12-20)19(23)24)13-6-2-1-3-7-13/h1-9,15-16,21H,10-12H2,(H,23,24)/t15-,16+/m0/s1. The van der Waals surface area contributed by atoms with E-state index in [2.05, 4.69) is 0 Å². The van der Waals surface area contributed by atoms with Crippen molar-refractivity contribution in [1.29, 1.82) is 0 Å². The molecule has 0 unspecified atom stereocenters. The van der Waals surface area contributed by atoms with Gasteiger partial charge in [0.2, 0.25) is 5.91 Å². The van der Waals surface area contributed by atoms with Gasteiger partial charge in [0.15, 0.2) is 0 Å². The molecule has 0 aliphatic carbocycles. The molecular formula is C19H19NO4. The second kappa shape index (κ2) is 6.74. The zero-order valence-electron chi connectivity index (χ0n) is 13.1. The molecule has 0 aromatic heterocycles. The van der Waals surface area contributed by atoms with Crippen LogP contribution in [0.25, 0.3) is 0 Å². The summed E-state index contributed by atoms with van der Waals surface area (Å²) in [5.74, 6) is -1.79. The number of hydrogen-bond donors (Lipinski definition) is 2. The van der Waals surface area contributed by atoms with Gasteiger partial charge >= 0.3 is 5.97 Å². The number of aliphatic carboxylic acids is 1. The maximum absolute atomic E-state index is 12.5. The predicted molar refractivity (Wildman–Crippen MR) is 88.7 cm³/mol. The topological polar surface area (TPSA) is 77.8 Å². The molecule has 1 fully saturated rings. The third-order valence-corrected chi connectivity index (χ3v) is 4.55. The molecule has 1 amide bonds. The van der Waals surface area contributed by atoms with Gasteiger partial charge in [-0.1, -0.05) is 48.5 Å². The Morgan fingerprint density at radius 3 is 2.33 bits per heavy atom. The number of phenols is 1. The van der Waals surface area contributed by atoms with Gasteiger partial charge in [0.05, 0.1) is 12.3 Å². The van der Waals surface area contributed by atoms with Gasteiger partial charge in [-0.3, -0.25) is 9.59 Å². The van der Waals surface area contributed by atoms with Crippen LogP contribution in [-0.2, 0) is 16.0 Å². The normalized spacial score (nSPS) is 20.1. The number of carbonyl (C=O) groups is 2. The summed E-state index contributed by atoms with van der Waals surface area (Å²) in [5, 5.41) is 19.3. The van der Waals surface area contributed by atoms with Crippen molar-refractivity contribution in [2.24, 2.45) is 5.92 Å². The summed E-state index contributed by atoms with van der Waals surface area (Å²) in [7, 11) is 0. The molecule has 2 atom stereocenters. The molecule has 3 rings (SSSR count). The van der Waals surface area contributed by atoms with Crippen molar-refractivity contribution in [3.05, 3.63) is 65.7 Å². The minimum Gasteiger partial charge on any atom is -0.508 e. The number of amides is 1. The first-order valence-corrected chi connectivity index (χ1v) is 7.88. The van der Waals surface area contributed by atoms with Crippen molar-refractivity contribution in [1.82, 2.24) is 4.90 Å². The van der Waals surface area contributed by atoms with E-state index < -0.39 is 11.9 Å². The number of rotatable bonds is 4. The maximum atomic E-state index is 12.5. The summed E-state index contributed by atoms with van der Waals surface area (Å²) in [5.41, 5.74) is 1.49. The molecule has 24 heavy (non-hydrogen) atoms. The van der Waals surface area contributed by atoms with Gasteiger partial charge in [-0.15, -0.1) is 0 Å². The second-order valence-electron chi connectivity index (χ2n) is 6.07. The monoisotopic (exact) mass is 325 g/mol. The van der Waals surface area contributed by atoms with E-state index in [0.29, 0.717) is 12.1 Å². The fourth-order valence-electron chi connectivity index (χ4n) is 3.23. The van der Waals surface area contributed by atoms with E-state index in [0.717, 1.165) is 5.56 Å². The zero-order valence-corrected chi connectivity index (χ0v) is 13.1. The molecule has 5 heteroatoms. The van der Waals surface area contributed by atoms with E-state index in [-0.39, 0.29) is 30.5 Å². The lowest BCUT2D eigenvalue weighted by molar-refractivity contribution is -0.141. The van der Waals surface area contributed by atoms with E-state index in [4.69, 9.17) is 0 Å². The van der Waals surface area contributed by atoms with Crippen LogP contribution >= 0.6 is 0 Å². The molecule has 1 saturated heterocycles. The number of carboxylic acids is 1. The molecule has 2 aromatic rings. The third kappa shape index (κ3) is 3.25. The highest BCUT2D eigenvalue weighted by Gasteiger charge is 2.40. The summed E-state index contributed by atoms with van der Waals surface area (Å²) < 4.78 is 0. The zero-order chi connectivity index (χ0) is 17.1. The molecule has 0 spiro atoms. The van der Waals surface area contributed by atoms with Crippen LogP contribution < -0.4 is 0 Å². The lowest BCUT2D eigenvalue weighted by atomic mass is 9.89. The highest BCUT2D eigenvalue weighted by molar-refractivity contribution is 5.82. The van der Waals surface area contributed by atoms with Gasteiger partial charge in [0, 0.05) is 24.6 Å². The van der Waals surface area contributed by atoms with Gasteiger partial charge in [-0.2, -0.15) is 0 Å². The number of nitrogens with zero attached hydrogens (tertiary/aromatic N) is 1. The van der Waals surface area contributed by atoms with Gasteiger partial charge < -0.3 is 15.1 Å². The predicted octanol–water partition coefficient (Wildman–Crippen LogP) is 2.26. The molecule has 124 valence electrons. The van der Waals surface area contributed by atoms with Crippen LogP contribution in [0.5, 0.6) is 5.75 Å². The van der Waals surface area contributed by atoms with Crippen LogP contribution in [0.15, 0.2) is 54.6 Å². The molecule has 0 radical (unpaired) electrons. The Morgan fingerprint density at radius 1 is 1.00 bits per heavy atom. The Bertz CT molecular complexity index is 744. The molecule has 0 saturated carbocycles. The van der Waals surface area contributed by atoms with Crippen LogP contribution in [0.1, 0.15) is 17.0 Å². The van der Waals surface area contributed by atoms with E-state index in [1.54, 1.807) is 29.2 Å². The van der Waals surface area contributed by atoms with Crippen LogP contribution in [-0.4, -0.2) is 40.1 Å². The quantitative estimate of drug-likeness (QED) is 0.904. The lowest BCUT2D eigenvalue weighted by Crippen LogP contribution is -2.31. The smallest absolute Gasteiger partial charge is 0.308 e. The van der Waals surface area contributed by atoms with Gasteiger partial charge in [0.25, 0.3) is 0 Å². The molecule has 2 aromatic carbocycles. The summed E-state index contributed by atoms with van der Waals surface area (Å²) in [6.07, 6.45) is 0.0700. The minimum absolute atomic E-state index is 0.0700. The Balaban J connectivity index is 1.77. The number of benzene rings is 2. The van der Waals surface area contributed by atoms with Crippen molar-refractivity contribution in [2.45, 2.75) is 12.3 Å². The van der Waals surface area contributed by atoms with Crippen LogP contribution in [0.4, 0.5) is 0 Å². The maximum Gasteiger partial charge on any atom is 0.308 e. The van der Waals surface area contributed by atoms with Gasteiger partial charge in [0.1, 0.15) is 5.75 Å². The number of hydrogen-bond acceptors (Lipinski definition) is 3. The van der Waals surface area contributed by atoms with Crippen molar-refractivity contribution in [3.8, 4) is 5.75 Å². The van der Waals surface area contributed by atoms with Crippen molar-refractivity contribution >= 4 is 11.9 Å². The molecule has 1 aliphatic rings. The number of likely N-dealkylation sites (tertiary alicyclic amines) is 1. The summed E-state index contributed by atoms with van der Waals surface area (Å²) >= 11 is 0. The number of phenolic OH excluding ortho intramolecular Hbond substituents is 1. The Kier molecular flexibility index (Phi) is 4.51. The number of aromatic hydroxyl groups is 1. The van der Waals surface area contributed by atoms with Crippen molar-refractivity contribution < 1.29 is 19.8 Å². The lowest BCUT2D eigenvalue weighted by Gasteiger charge is -2.17. The Labute approximate surface area is 140 Å². The van der Waals surface area contributed by atoms with Crippen LogP contribution in [0.2, 0.25) is 0 Å². The first-order valence-electron chi connectivity index (χ1n) is 7.88.